The summed E-state index contributed by atoms with van der Waals surface area (Å²) >= 11 is 0. The predicted octanol–water partition coefficient (Wildman–Crippen LogP) is 3.77. The van der Waals surface area contributed by atoms with Crippen LogP contribution in [0.25, 0.3) is 10.8 Å². The summed E-state index contributed by atoms with van der Waals surface area (Å²) in [5.74, 6) is 0.969. The van der Waals surface area contributed by atoms with Crippen LogP contribution in [0.1, 0.15) is 16.7 Å². The molecular weight excluding hydrogens is 184 g/mol. The van der Waals surface area contributed by atoms with E-state index in [2.05, 4.69) is 39.0 Å². The van der Waals surface area contributed by atoms with E-state index in [0.29, 0.717) is 0 Å². The molecule has 15 heavy (non-hydrogen) atoms. The molecule has 2 aromatic carbocycles. The summed E-state index contributed by atoms with van der Waals surface area (Å²) < 4.78 is 5.42. The van der Waals surface area contributed by atoms with Crippen molar-refractivity contribution in [2.24, 2.45) is 0 Å². The van der Waals surface area contributed by atoms with E-state index in [1.807, 2.05) is 6.07 Å². The second-order valence-electron chi connectivity index (χ2n) is 4.03. The van der Waals surface area contributed by atoms with Gasteiger partial charge in [-0.3, -0.25) is 0 Å². The summed E-state index contributed by atoms with van der Waals surface area (Å²) in [5, 5.41) is 2.58. The first-order valence-corrected chi connectivity index (χ1v) is 5.18. The standard InChI is InChI=1S/C14H16O/c1-9-5-6-11(3)14-12(15-4)8-7-10(2)13(9)14/h5-8H,1-4H3. The third-order valence-electron chi connectivity index (χ3n) is 2.97. The predicted molar refractivity (Wildman–Crippen MR) is 64.7 cm³/mol. The quantitative estimate of drug-likeness (QED) is 0.680. The Morgan fingerprint density at radius 2 is 1.20 bits per heavy atom. The van der Waals surface area contributed by atoms with Crippen LogP contribution in [0.5, 0.6) is 5.75 Å². The van der Waals surface area contributed by atoms with Crippen LogP contribution in [0.3, 0.4) is 0 Å². The normalized spacial score (nSPS) is 10.7. The molecule has 78 valence electrons. The fourth-order valence-electron chi connectivity index (χ4n) is 2.17. The van der Waals surface area contributed by atoms with Gasteiger partial charge in [-0.2, -0.15) is 0 Å². The van der Waals surface area contributed by atoms with Crippen molar-refractivity contribution in [3.05, 3.63) is 41.0 Å². The van der Waals surface area contributed by atoms with Crippen LogP contribution in [-0.4, -0.2) is 7.11 Å². The van der Waals surface area contributed by atoms with Crippen molar-refractivity contribution >= 4 is 10.8 Å². The Morgan fingerprint density at radius 3 is 1.73 bits per heavy atom. The van der Waals surface area contributed by atoms with Gasteiger partial charge in [-0.05, 0) is 48.9 Å². The van der Waals surface area contributed by atoms with Gasteiger partial charge in [0.05, 0.1) is 7.11 Å². The minimum atomic E-state index is 0.969. The van der Waals surface area contributed by atoms with Crippen LogP contribution in [0.4, 0.5) is 0 Å². The maximum Gasteiger partial charge on any atom is 0.126 e. The fraction of sp³-hybridized carbons (Fsp3) is 0.286. The van der Waals surface area contributed by atoms with Crippen molar-refractivity contribution in [3.63, 3.8) is 0 Å². The highest BCUT2D eigenvalue weighted by atomic mass is 16.5. The van der Waals surface area contributed by atoms with Crippen molar-refractivity contribution in [3.8, 4) is 5.75 Å². The molecule has 0 N–H and O–H groups in total. The average molecular weight is 200 g/mol. The highest BCUT2D eigenvalue weighted by Crippen LogP contribution is 2.32. The second kappa shape index (κ2) is 3.58. The molecular formula is C14H16O. The molecule has 0 atom stereocenters. The number of methoxy groups -OCH3 is 1. The van der Waals surface area contributed by atoms with Gasteiger partial charge in [0.15, 0.2) is 0 Å². The van der Waals surface area contributed by atoms with E-state index >= 15 is 0 Å². The Morgan fingerprint density at radius 1 is 0.733 bits per heavy atom. The largest absolute Gasteiger partial charge is 0.496 e. The number of benzene rings is 2. The molecule has 1 nitrogen and oxygen atoms in total. The van der Waals surface area contributed by atoms with Crippen molar-refractivity contribution in [2.45, 2.75) is 20.8 Å². The first-order valence-electron chi connectivity index (χ1n) is 5.18. The summed E-state index contributed by atoms with van der Waals surface area (Å²) in [7, 11) is 1.73. The minimum Gasteiger partial charge on any atom is -0.496 e. The topological polar surface area (TPSA) is 9.23 Å². The molecule has 2 rings (SSSR count). The first-order chi connectivity index (χ1) is 7.15. The third kappa shape index (κ3) is 1.48. The van der Waals surface area contributed by atoms with Gasteiger partial charge in [0.1, 0.15) is 5.75 Å². The van der Waals surface area contributed by atoms with Gasteiger partial charge in [-0.15, -0.1) is 0 Å². The molecule has 0 aliphatic heterocycles. The third-order valence-corrected chi connectivity index (χ3v) is 2.97. The lowest BCUT2D eigenvalue weighted by Gasteiger charge is -2.12. The van der Waals surface area contributed by atoms with Crippen LogP contribution in [-0.2, 0) is 0 Å². The first kappa shape index (κ1) is 10.0. The van der Waals surface area contributed by atoms with E-state index in [9.17, 15) is 0 Å². The zero-order valence-electron chi connectivity index (χ0n) is 9.72. The van der Waals surface area contributed by atoms with Crippen LogP contribution < -0.4 is 4.74 Å². The molecule has 0 radical (unpaired) electrons. The molecule has 0 fully saturated rings. The van der Waals surface area contributed by atoms with E-state index in [-0.39, 0.29) is 0 Å². The van der Waals surface area contributed by atoms with Crippen molar-refractivity contribution in [2.75, 3.05) is 7.11 Å². The van der Waals surface area contributed by atoms with Gasteiger partial charge in [-0.1, -0.05) is 18.2 Å². The zero-order chi connectivity index (χ0) is 11.0. The molecule has 0 heterocycles. The van der Waals surface area contributed by atoms with Gasteiger partial charge in [0.2, 0.25) is 0 Å². The number of aryl methyl sites for hydroxylation is 3. The average Bonchev–Trinajstić information content (AvgIpc) is 2.23. The van der Waals surface area contributed by atoms with E-state index in [4.69, 9.17) is 4.74 Å². The molecule has 0 bridgehead atoms. The maximum atomic E-state index is 5.42. The Labute approximate surface area is 90.7 Å². The zero-order valence-corrected chi connectivity index (χ0v) is 9.72. The summed E-state index contributed by atoms with van der Waals surface area (Å²) in [6, 6.07) is 8.49. The fourth-order valence-corrected chi connectivity index (χ4v) is 2.17. The summed E-state index contributed by atoms with van der Waals surface area (Å²) in [4.78, 5) is 0. The number of hydrogen-bond acceptors (Lipinski definition) is 1. The number of ether oxygens (including phenoxy) is 1. The maximum absolute atomic E-state index is 5.42. The Kier molecular flexibility index (Phi) is 2.39. The van der Waals surface area contributed by atoms with Crippen LogP contribution in [0, 0.1) is 20.8 Å². The number of rotatable bonds is 1. The molecule has 0 aliphatic rings. The lowest BCUT2D eigenvalue weighted by Crippen LogP contribution is -1.91. The molecule has 2 aromatic rings. The summed E-state index contributed by atoms with van der Waals surface area (Å²) in [6.45, 7) is 6.42. The lowest BCUT2D eigenvalue weighted by atomic mass is 9.96. The summed E-state index contributed by atoms with van der Waals surface area (Å²) in [6.07, 6.45) is 0. The number of fused-ring (bicyclic) bond motifs is 1. The van der Waals surface area contributed by atoms with Gasteiger partial charge in [0.25, 0.3) is 0 Å². The Hall–Kier alpha value is -1.50. The van der Waals surface area contributed by atoms with Crippen LogP contribution in [0.2, 0.25) is 0 Å². The lowest BCUT2D eigenvalue weighted by molar-refractivity contribution is 0.419. The monoisotopic (exact) mass is 200 g/mol. The molecule has 0 amide bonds. The van der Waals surface area contributed by atoms with Gasteiger partial charge < -0.3 is 4.74 Å². The molecule has 0 unspecified atom stereocenters. The molecule has 0 saturated heterocycles. The van der Waals surface area contributed by atoms with Gasteiger partial charge in [0, 0.05) is 5.39 Å². The highest BCUT2D eigenvalue weighted by molar-refractivity contribution is 5.95. The highest BCUT2D eigenvalue weighted by Gasteiger charge is 2.08. The molecule has 0 saturated carbocycles. The molecule has 1 heteroatoms. The van der Waals surface area contributed by atoms with Crippen LogP contribution in [0.15, 0.2) is 24.3 Å². The molecule has 0 spiro atoms. The Bertz CT molecular complexity index is 504. The summed E-state index contributed by atoms with van der Waals surface area (Å²) in [5.41, 5.74) is 3.90. The number of hydrogen-bond donors (Lipinski definition) is 0. The van der Waals surface area contributed by atoms with Crippen molar-refractivity contribution in [1.29, 1.82) is 0 Å². The smallest absolute Gasteiger partial charge is 0.126 e. The molecule has 0 aliphatic carbocycles. The molecule has 0 aromatic heterocycles. The van der Waals surface area contributed by atoms with Crippen molar-refractivity contribution in [1.82, 2.24) is 0 Å². The van der Waals surface area contributed by atoms with Gasteiger partial charge in [-0.25, -0.2) is 0 Å². The van der Waals surface area contributed by atoms with Gasteiger partial charge >= 0.3 is 0 Å². The SMILES string of the molecule is COc1ccc(C)c2c(C)ccc(C)c12. The van der Waals surface area contributed by atoms with E-state index in [1.54, 1.807) is 7.11 Å². The Balaban J connectivity index is 2.99. The minimum absolute atomic E-state index is 0.969. The van der Waals surface area contributed by atoms with E-state index < -0.39 is 0 Å². The van der Waals surface area contributed by atoms with E-state index in [1.165, 1.54) is 27.5 Å². The second-order valence-corrected chi connectivity index (χ2v) is 4.03. The van der Waals surface area contributed by atoms with E-state index in [0.717, 1.165) is 5.75 Å². The van der Waals surface area contributed by atoms with Crippen LogP contribution >= 0.6 is 0 Å². The van der Waals surface area contributed by atoms with Crippen molar-refractivity contribution < 1.29 is 4.74 Å².